The number of carbonyl (C=O) groups is 1. The molecule has 1 heterocycles. The van der Waals surface area contributed by atoms with Crippen molar-refractivity contribution in [1.82, 2.24) is 4.90 Å². The van der Waals surface area contributed by atoms with Gasteiger partial charge < -0.3 is 24.4 Å². The molecule has 4 rings (SSSR count). The topological polar surface area (TPSA) is 60.0 Å². The summed E-state index contributed by atoms with van der Waals surface area (Å²) in [5.41, 5.74) is 4.44. The van der Waals surface area contributed by atoms with Crippen molar-refractivity contribution in [2.75, 3.05) is 26.6 Å². The predicted octanol–water partition coefficient (Wildman–Crippen LogP) is 4.79. The van der Waals surface area contributed by atoms with E-state index in [1.165, 1.54) is 5.56 Å². The van der Waals surface area contributed by atoms with Crippen molar-refractivity contribution in [2.24, 2.45) is 0 Å². The summed E-state index contributed by atoms with van der Waals surface area (Å²) in [5.74, 6) is 1.54. The molecule has 0 bridgehead atoms. The molecule has 1 N–H and O–H groups in total. The lowest BCUT2D eigenvalue weighted by molar-refractivity contribution is 0.0664. The Labute approximate surface area is 182 Å². The molecular formula is C25H26N2O4. The van der Waals surface area contributed by atoms with Gasteiger partial charge in [-0.05, 0) is 36.8 Å². The fraction of sp³-hybridized carbons (Fsp3) is 0.240. The molecule has 0 saturated carbocycles. The third-order valence-corrected chi connectivity index (χ3v) is 5.52. The number of aryl methyl sites for hydroxylation is 1. The minimum atomic E-state index is -0.446. The van der Waals surface area contributed by atoms with Crippen molar-refractivity contribution in [3.63, 3.8) is 0 Å². The molecule has 1 atom stereocenters. The smallest absolute Gasteiger partial charge is 0.258 e. The zero-order valence-electron chi connectivity index (χ0n) is 18.1. The molecule has 0 fully saturated rings. The highest BCUT2D eigenvalue weighted by atomic mass is 16.5. The summed E-state index contributed by atoms with van der Waals surface area (Å²) < 4.78 is 16.7. The molecule has 3 aromatic carbocycles. The highest BCUT2D eigenvalue weighted by Gasteiger charge is 2.35. The Hall–Kier alpha value is -3.67. The van der Waals surface area contributed by atoms with Crippen molar-refractivity contribution in [3.8, 4) is 17.2 Å². The molecule has 1 unspecified atom stereocenters. The number of amides is 1. The first-order chi connectivity index (χ1) is 15.1. The molecule has 31 heavy (non-hydrogen) atoms. The fourth-order valence-electron chi connectivity index (χ4n) is 3.93. The lowest BCUT2D eigenvalue weighted by Gasteiger charge is -2.39. The lowest BCUT2D eigenvalue weighted by atomic mass is 10.0. The maximum absolute atomic E-state index is 13.5. The number of fused-ring (bicyclic) bond motifs is 1. The number of anilines is 1. The van der Waals surface area contributed by atoms with Gasteiger partial charge in [-0.2, -0.15) is 0 Å². The number of ether oxygens (including phenoxy) is 3. The van der Waals surface area contributed by atoms with Crippen molar-refractivity contribution < 1.29 is 19.0 Å². The van der Waals surface area contributed by atoms with Crippen LogP contribution in [0.3, 0.4) is 0 Å². The van der Waals surface area contributed by atoms with Crippen LogP contribution in [0.15, 0.2) is 60.7 Å². The molecule has 0 radical (unpaired) electrons. The predicted molar refractivity (Wildman–Crippen MR) is 120 cm³/mol. The van der Waals surface area contributed by atoms with Gasteiger partial charge in [-0.1, -0.05) is 42.0 Å². The molecule has 0 saturated heterocycles. The number of para-hydroxylation sites is 1. The zero-order valence-corrected chi connectivity index (χ0v) is 18.1. The molecule has 1 amide bonds. The van der Waals surface area contributed by atoms with Crippen LogP contribution in [0.1, 0.15) is 33.2 Å². The number of nitrogens with zero attached hydrogens (tertiary/aromatic N) is 1. The van der Waals surface area contributed by atoms with Gasteiger partial charge in [0.15, 0.2) is 11.5 Å². The summed E-state index contributed by atoms with van der Waals surface area (Å²) in [6, 6.07) is 19.5. The molecule has 1 aliphatic rings. The summed E-state index contributed by atoms with van der Waals surface area (Å²) in [7, 11) is 4.74. The van der Waals surface area contributed by atoms with Crippen LogP contribution in [-0.2, 0) is 6.54 Å². The normalized spacial score (nSPS) is 15.2. The second-order valence-corrected chi connectivity index (χ2v) is 7.43. The molecular weight excluding hydrogens is 392 g/mol. The maximum atomic E-state index is 13.5. The number of methoxy groups -OCH3 is 3. The van der Waals surface area contributed by atoms with Crippen LogP contribution in [-0.4, -0.2) is 32.1 Å². The first-order valence-electron chi connectivity index (χ1n) is 10.1. The van der Waals surface area contributed by atoms with Gasteiger partial charge in [0, 0.05) is 17.8 Å². The number of carbonyl (C=O) groups excluding carboxylic acids is 1. The summed E-state index contributed by atoms with van der Waals surface area (Å²) in [4.78, 5) is 15.4. The van der Waals surface area contributed by atoms with Crippen LogP contribution < -0.4 is 19.5 Å². The van der Waals surface area contributed by atoms with E-state index in [-0.39, 0.29) is 5.91 Å². The molecule has 160 valence electrons. The highest BCUT2D eigenvalue weighted by molar-refractivity contribution is 6.01. The van der Waals surface area contributed by atoms with Crippen LogP contribution in [0, 0.1) is 6.92 Å². The number of nitrogens with one attached hydrogen (secondary N) is 1. The van der Waals surface area contributed by atoms with Crippen LogP contribution in [0.2, 0.25) is 0 Å². The average Bonchev–Trinajstić information content (AvgIpc) is 2.81. The highest BCUT2D eigenvalue weighted by Crippen LogP contribution is 2.45. The molecule has 0 aliphatic carbocycles. The van der Waals surface area contributed by atoms with Crippen molar-refractivity contribution in [3.05, 3.63) is 82.9 Å². The van der Waals surface area contributed by atoms with E-state index in [0.29, 0.717) is 29.4 Å². The van der Waals surface area contributed by atoms with E-state index in [1.807, 2.05) is 60.4 Å². The Balaban J connectivity index is 1.83. The van der Waals surface area contributed by atoms with E-state index in [9.17, 15) is 4.79 Å². The van der Waals surface area contributed by atoms with Gasteiger partial charge in [0.25, 0.3) is 5.91 Å². The summed E-state index contributed by atoms with van der Waals surface area (Å²) in [5, 5.41) is 3.52. The average molecular weight is 418 g/mol. The monoisotopic (exact) mass is 418 g/mol. The van der Waals surface area contributed by atoms with Crippen LogP contribution >= 0.6 is 0 Å². The van der Waals surface area contributed by atoms with Crippen molar-refractivity contribution >= 4 is 11.6 Å². The first-order valence-corrected chi connectivity index (χ1v) is 10.1. The van der Waals surface area contributed by atoms with Gasteiger partial charge in [-0.15, -0.1) is 0 Å². The lowest BCUT2D eigenvalue weighted by Crippen LogP contribution is -2.42. The molecule has 0 spiro atoms. The molecule has 3 aromatic rings. The summed E-state index contributed by atoms with van der Waals surface area (Å²) in [6.07, 6.45) is -0.446. The van der Waals surface area contributed by atoms with Gasteiger partial charge in [0.1, 0.15) is 6.17 Å². The largest absolute Gasteiger partial charge is 0.493 e. The van der Waals surface area contributed by atoms with E-state index in [2.05, 4.69) is 17.4 Å². The Morgan fingerprint density at radius 3 is 2.26 bits per heavy atom. The fourth-order valence-corrected chi connectivity index (χ4v) is 3.93. The molecule has 1 aliphatic heterocycles. The number of hydrogen-bond acceptors (Lipinski definition) is 5. The maximum Gasteiger partial charge on any atom is 0.258 e. The summed E-state index contributed by atoms with van der Waals surface area (Å²) >= 11 is 0. The van der Waals surface area contributed by atoms with E-state index in [1.54, 1.807) is 21.3 Å². The number of rotatable bonds is 6. The summed E-state index contributed by atoms with van der Waals surface area (Å²) in [6.45, 7) is 2.49. The van der Waals surface area contributed by atoms with Crippen LogP contribution in [0.5, 0.6) is 17.2 Å². The van der Waals surface area contributed by atoms with E-state index in [0.717, 1.165) is 16.8 Å². The van der Waals surface area contributed by atoms with Crippen molar-refractivity contribution in [2.45, 2.75) is 19.6 Å². The Bertz CT molecular complexity index is 1100. The third-order valence-electron chi connectivity index (χ3n) is 5.52. The molecule has 0 aromatic heterocycles. The van der Waals surface area contributed by atoms with Gasteiger partial charge in [0.05, 0.1) is 26.9 Å². The van der Waals surface area contributed by atoms with Gasteiger partial charge in [0.2, 0.25) is 5.75 Å². The second-order valence-electron chi connectivity index (χ2n) is 7.43. The standard InChI is InChI=1S/C25H26N2O4/c1-16-9-11-17(12-10-16)15-27-24(26-20-8-6-5-7-18(20)25(27)28)19-13-14-21(29-2)23(31-4)22(19)30-3/h5-14,24,26H,15H2,1-4H3. The Kier molecular flexibility index (Phi) is 5.71. The van der Waals surface area contributed by atoms with E-state index < -0.39 is 6.17 Å². The quantitative estimate of drug-likeness (QED) is 0.624. The van der Waals surface area contributed by atoms with E-state index >= 15 is 0 Å². The Morgan fingerprint density at radius 2 is 1.58 bits per heavy atom. The first kappa shape index (κ1) is 20.6. The minimum absolute atomic E-state index is 0.0447. The Morgan fingerprint density at radius 1 is 0.871 bits per heavy atom. The van der Waals surface area contributed by atoms with Crippen LogP contribution in [0.4, 0.5) is 5.69 Å². The third kappa shape index (κ3) is 3.77. The zero-order chi connectivity index (χ0) is 22.0. The number of benzene rings is 3. The molecule has 6 heteroatoms. The van der Waals surface area contributed by atoms with E-state index in [4.69, 9.17) is 14.2 Å². The van der Waals surface area contributed by atoms with Gasteiger partial charge in [-0.25, -0.2) is 0 Å². The second kappa shape index (κ2) is 8.60. The molecule has 6 nitrogen and oxygen atoms in total. The van der Waals surface area contributed by atoms with Crippen molar-refractivity contribution in [1.29, 1.82) is 0 Å². The number of hydrogen-bond donors (Lipinski definition) is 1. The SMILES string of the molecule is COc1ccc(C2Nc3ccccc3C(=O)N2Cc2ccc(C)cc2)c(OC)c1OC. The minimum Gasteiger partial charge on any atom is -0.493 e. The van der Waals surface area contributed by atoms with Gasteiger partial charge in [-0.3, -0.25) is 4.79 Å². The van der Waals surface area contributed by atoms with Gasteiger partial charge >= 0.3 is 0 Å². The van der Waals surface area contributed by atoms with Crippen LogP contribution in [0.25, 0.3) is 0 Å².